The van der Waals surface area contributed by atoms with Crippen LogP contribution in [0.5, 0.6) is 0 Å². The molecule has 0 radical (unpaired) electrons. The highest BCUT2D eigenvalue weighted by Gasteiger charge is 2.36. The number of rotatable bonds is 5. The molecule has 1 aliphatic rings. The highest BCUT2D eigenvalue weighted by Crippen LogP contribution is 2.39. The van der Waals surface area contributed by atoms with Crippen LogP contribution in [0.3, 0.4) is 0 Å². The van der Waals surface area contributed by atoms with E-state index in [1.165, 1.54) is 0 Å². The van der Waals surface area contributed by atoms with E-state index in [1.807, 2.05) is 18.2 Å². The number of guanidine groups is 1. The predicted octanol–water partition coefficient (Wildman–Crippen LogP) is 4.23. The van der Waals surface area contributed by atoms with E-state index in [9.17, 15) is 0 Å². The molecule has 1 heterocycles. The van der Waals surface area contributed by atoms with Crippen LogP contribution in [0.1, 0.15) is 32.3 Å². The number of ether oxygens (including phenoxy) is 1. The van der Waals surface area contributed by atoms with Crippen LogP contribution in [0, 0.1) is 0 Å². The van der Waals surface area contributed by atoms with E-state index in [2.05, 4.69) is 24.5 Å². The van der Waals surface area contributed by atoms with Gasteiger partial charge in [-0.15, -0.1) is 24.0 Å². The molecule has 0 aromatic heterocycles. The maximum absolute atomic E-state index is 6.49. The maximum Gasteiger partial charge on any atom is 0.191 e. The molecule has 2 N–H and O–H groups in total. The van der Waals surface area contributed by atoms with Crippen molar-refractivity contribution in [2.45, 2.75) is 32.1 Å². The molecule has 4 nitrogen and oxygen atoms in total. The fraction of sp³-hybridized carbons (Fsp3) is 0.588. The van der Waals surface area contributed by atoms with Gasteiger partial charge in [0, 0.05) is 41.8 Å². The Hall–Kier alpha value is -0.240. The normalized spacial score (nSPS) is 16.0. The topological polar surface area (TPSA) is 45.7 Å². The van der Waals surface area contributed by atoms with Crippen molar-refractivity contribution in [2.24, 2.45) is 4.99 Å². The predicted molar refractivity (Wildman–Crippen MR) is 113 cm³/mol. The van der Waals surface area contributed by atoms with Gasteiger partial charge < -0.3 is 15.4 Å². The zero-order chi connectivity index (χ0) is 16.7. The number of hydrogen-bond acceptors (Lipinski definition) is 2. The summed E-state index contributed by atoms with van der Waals surface area (Å²) in [5.41, 5.74) is 1.01. The zero-order valence-corrected chi connectivity index (χ0v) is 18.0. The lowest BCUT2D eigenvalue weighted by molar-refractivity contribution is 0.0531. The molecule has 0 atom stereocenters. The van der Waals surface area contributed by atoms with Crippen molar-refractivity contribution in [2.75, 3.05) is 32.8 Å². The molecular formula is C17H26Cl2IN3O. The molecule has 1 aromatic carbocycles. The summed E-state index contributed by atoms with van der Waals surface area (Å²) in [5, 5.41) is 7.91. The van der Waals surface area contributed by atoms with Gasteiger partial charge in [0.2, 0.25) is 0 Å². The summed E-state index contributed by atoms with van der Waals surface area (Å²) in [6, 6.07) is 5.75. The second-order valence-electron chi connectivity index (χ2n) is 5.74. The highest BCUT2D eigenvalue weighted by atomic mass is 127. The Bertz CT molecular complexity index is 541. The first-order valence-corrected chi connectivity index (χ1v) is 8.92. The van der Waals surface area contributed by atoms with Crippen molar-refractivity contribution >= 4 is 53.1 Å². The van der Waals surface area contributed by atoms with Crippen LogP contribution < -0.4 is 10.6 Å². The average Bonchev–Trinajstić information content (AvgIpc) is 2.54. The maximum atomic E-state index is 6.49. The van der Waals surface area contributed by atoms with Gasteiger partial charge in [-0.1, -0.05) is 29.3 Å². The van der Waals surface area contributed by atoms with Gasteiger partial charge in [0.1, 0.15) is 0 Å². The SMILES string of the molecule is CCNC(=NCC1(c2ccc(Cl)cc2Cl)CCOCC1)NCC.I. The van der Waals surface area contributed by atoms with Gasteiger partial charge in [-0.25, -0.2) is 0 Å². The summed E-state index contributed by atoms with van der Waals surface area (Å²) in [6.07, 6.45) is 1.81. The van der Waals surface area contributed by atoms with Crippen LogP contribution in [-0.4, -0.2) is 38.8 Å². The molecular weight excluding hydrogens is 460 g/mol. The van der Waals surface area contributed by atoms with Gasteiger partial charge in [0.05, 0.1) is 6.54 Å². The van der Waals surface area contributed by atoms with Gasteiger partial charge in [-0.2, -0.15) is 0 Å². The summed E-state index contributed by atoms with van der Waals surface area (Å²) in [5.74, 6) is 0.839. The third-order valence-electron chi connectivity index (χ3n) is 4.18. The van der Waals surface area contributed by atoms with E-state index in [1.54, 1.807) is 0 Å². The number of nitrogens with zero attached hydrogens (tertiary/aromatic N) is 1. The molecule has 7 heteroatoms. The van der Waals surface area contributed by atoms with E-state index < -0.39 is 0 Å². The number of halogens is 3. The minimum atomic E-state index is -0.101. The summed E-state index contributed by atoms with van der Waals surface area (Å²) in [6.45, 7) is 7.93. The average molecular weight is 486 g/mol. The minimum absolute atomic E-state index is 0. The molecule has 1 aromatic rings. The molecule has 1 aliphatic heterocycles. The Morgan fingerprint density at radius 3 is 2.33 bits per heavy atom. The Balaban J connectivity index is 0.00000288. The first-order valence-electron chi connectivity index (χ1n) is 8.17. The highest BCUT2D eigenvalue weighted by molar-refractivity contribution is 14.0. The molecule has 0 aliphatic carbocycles. The van der Waals surface area contributed by atoms with Crippen LogP contribution in [0.25, 0.3) is 0 Å². The van der Waals surface area contributed by atoms with Crippen LogP contribution in [0.2, 0.25) is 10.0 Å². The molecule has 0 spiro atoms. The molecule has 0 unspecified atom stereocenters. The summed E-state index contributed by atoms with van der Waals surface area (Å²) in [7, 11) is 0. The fourth-order valence-electron chi connectivity index (χ4n) is 2.93. The van der Waals surface area contributed by atoms with Gasteiger partial charge in [0.15, 0.2) is 5.96 Å². The second kappa shape index (κ2) is 10.7. The Labute approximate surface area is 171 Å². The lowest BCUT2D eigenvalue weighted by Crippen LogP contribution is -2.41. The number of aliphatic imine (C=N–C) groups is 1. The monoisotopic (exact) mass is 485 g/mol. The van der Waals surface area contributed by atoms with E-state index >= 15 is 0 Å². The zero-order valence-electron chi connectivity index (χ0n) is 14.2. The largest absolute Gasteiger partial charge is 0.381 e. The van der Waals surface area contributed by atoms with Crippen molar-refractivity contribution in [3.05, 3.63) is 33.8 Å². The van der Waals surface area contributed by atoms with Gasteiger partial charge >= 0.3 is 0 Å². The lowest BCUT2D eigenvalue weighted by atomic mass is 9.74. The molecule has 136 valence electrons. The number of benzene rings is 1. The molecule has 1 saturated heterocycles. The van der Waals surface area contributed by atoms with Gasteiger partial charge in [-0.05, 0) is 44.4 Å². The van der Waals surface area contributed by atoms with Crippen molar-refractivity contribution < 1.29 is 4.74 Å². The molecule has 2 rings (SSSR count). The van der Waals surface area contributed by atoms with Crippen LogP contribution in [0.15, 0.2) is 23.2 Å². The van der Waals surface area contributed by atoms with E-state index in [-0.39, 0.29) is 29.4 Å². The van der Waals surface area contributed by atoms with Crippen molar-refractivity contribution in [3.63, 3.8) is 0 Å². The third kappa shape index (κ3) is 5.64. The van der Waals surface area contributed by atoms with Crippen LogP contribution in [-0.2, 0) is 10.2 Å². The number of nitrogens with one attached hydrogen (secondary N) is 2. The van der Waals surface area contributed by atoms with Crippen molar-refractivity contribution in [1.82, 2.24) is 10.6 Å². The summed E-state index contributed by atoms with van der Waals surface area (Å²) < 4.78 is 5.56. The lowest BCUT2D eigenvalue weighted by Gasteiger charge is -2.37. The van der Waals surface area contributed by atoms with Gasteiger partial charge in [0.25, 0.3) is 0 Å². The fourth-order valence-corrected chi connectivity index (χ4v) is 3.54. The smallest absolute Gasteiger partial charge is 0.191 e. The van der Waals surface area contributed by atoms with Crippen LogP contribution in [0.4, 0.5) is 0 Å². The molecule has 24 heavy (non-hydrogen) atoms. The van der Waals surface area contributed by atoms with Crippen molar-refractivity contribution in [1.29, 1.82) is 0 Å². The van der Waals surface area contributed by atoms with Gasteiger partial charge in [-0.3, -0.25) is 4.99 Å². The molecule has 0 saturated carbocycles. The third-order valence-corrected chi connectivity index (χ3v) is 4.73. The van der Waals surface area contributed by atoms with Crippen molar-refractivity contribution in [3.8, 4) is 0 Å². The molecule has 0 bridgehead atoms. The van der Waals surface area contributed by atoms with Crippen LogP contribution >= 0.6 is 47.2 Å². The second-order valence-corrected chi connectivity index (χ2v) is 6.59. The quantitative estimate of drug-likeness (QED) is 0.372. The Morgan fingerprint density at radius 2 is 1.79 bits per heavy atom. The minimum Gasteiger partial charge on any atom is -0.381 e. The Kier molecular flexibility index (Phi) is 9.71. The first-order chi connectivity index (χ1) is 11.1. The summed E-state index contributed by atoms with van der Waals surface area (Å²) >= 11 is 12.5. The van der Waals surface area contributed by atoms with E-state index in [4.69, 9.17) is 32.9 Å². The Morgan fingerprint density at radius 1 is 1.17 bits per heavy atom. The standard InChI is InChI=1S/C17H25Cl2N3O.HI/c1-3-20-16(21-4-2)22-12-17(7-9-23-10-8-17)14-6-5-13(18)11-15(14)19;/h5-6,11H,3-4,7-10,12H2,1-2H3,(H2,20,21,22);1H. The molecule has 0 amide bonds. The summed E-state index contributed by atoms with van der Waals surface area (Å²) in [4.78, 5) is 4.79. The molecule has 1 fully saturated rings. The number of hydrogen-bond donors (Lipinski definition) is 2. The van der Waals surface area contributed by atoms with E-state index in [0.717, 1.165) is 50.7 Å². The first kappa shape index (κ1) is 21.8. The van der Waals surface area contributed by atoms with E-state index in [0.29, 0.717) is 16.6 Å².